The molecule has 0 radical (unpaired) electrons. The first-order chi connectivity index (χ1) is 9.38. The minimum atomic E-state index is -0.102. The fourth-order valence-electron chi connectivity index (χ4n) is 2.28. The Morgan fingerprint density at radius 1 is 0.950 bits per heavy atom. The normalized spacial score (nSPS) is 11.1. The summed E-state index contributed by atoms with van der Waals surface area (Å²) >= 11 is 0. The van der Waals surface area contributed by atoms with Crippen molar-refractivity contribution in [1.29, 1.82) is 0 Å². The molecule has 1 N–H and O–H groups in total. The van der Waals surface area contributed by atoms with E-state index in [1.165, 1.54) is 0 Å². The molecule has 1 amide bonds. The molecule has 0 aliphatic carbocycles. The van der Waals surface area contributed by atoms with Gasteiger partial charge in [0.15, 0.2) is 0 Å². The number of hydrogen-bond acceptors (Lipinski definition) is 3. The number of nitrogens with one attached hydrogen (secondary N) is 1. The fourth-order valence-corrected chi connectivity index (χ4v) is 2.28. The minimum absolute atomic E-state index is 0.102. The number of benzene rings is 1. The van der Waals surface area contributed by atoms with E-state index >= 15 is 0 Å². The Bertz CT molecular complexity index is 425. The second-order valence-corrected chi connectivity index (χ2v) is 5.59. The summed E-state index contributed by atoms with van der Waals surface area (Å²) in [6, 6.07) is 5.32. The maximum Gasteiger partial charge on any atom is 0.251 e. The van der Waals surface area contributed by atoms with Gasteiger partial charge in [0.05, 0.1) is 14.2 Å². The van der Waals surface area contributed by atoms with Crippen molar-refractivity contribution in [2.24, 2.45) is 11.8 Å². The molecule has 1 aromatic carbocycles. The van der Waals surface area contributed by atoms with Gasteiger partial charge in [-0.25, -0.2) is 0 Å². The monoisotopic (exact) mass is 279 g/mol. The van der Waals surface area contributed by atoms with Gasteiger partial charge in [-0.3, -0.25) is 4.79 Å². The van der Waals surface area contributed by atoms with Crippen molar-refractivity contribution in [2.75, 3.05) is 14.2 Å². The van der Waals surface area contributed by atoms with E-state index in [1.54, 1.807) is 32.4 Å². The van der Waals surface area contributed by atoms with Crippen LogP contribution in [-0.2, 0) is 0 Å². The standard InChI is InChI=1S/C16H25NO3/c1-10(2)15(11(3)4)17-16(18)12-7-13(19-5)9-14(8-12)20-6/h7-11,15H,1-6H3,(H,17,18). The van der Waals surface area contributed by atoms with E-state index in [1.807, 2.05) is 0 Å². The first kappa shape index (κ1) is 16.3. The number of carbonyl (C=O) groups is 1. The number of hydrogen-bond donors (Lipinski definition) is 1. The summed E-state index contributed by atoms with van der Waals surface area (Å²) in [4.78, 5) is 12.4. The Kier molecular flexibility index (Phi) is 5.86. The summed E-state index contributed by atoms with van der Waals surface area (Å²) < 4.78 is 10.4. The van der Waals surface area contributed by atoms with E-state index in [0.717, 1.165) is 0 Å². The van der Waals surface area contributed by atoms with Gasteiger partial charge in [0, 0.05) is 17.7 Å². The van der Waals surface area contributed by atoms with Crippen LogP contribution in [0.1, 0.15) is 38.1 Å². The van der Waals surface area contributed by atoms with Crippen molar-refractivity contribution in [3.63, 3.8) is 0 Å². The van der Waals surface area contributed by atoms with Crippen LogP contribution < -0.4 is 14.8 Å². The van der Waals surface area contributed by atoms with Crippen LogP contribution >= 0.6 is 0 Å². The van der Waals surface area contributed by atoms with Gasteiger partial charge in [-0.15, -0.1) is 0 Å². The number of methoxy groups -OCH3 is 2. The maximum absolute atomic E-state index is 12.4. The van der Waals surface area contributed by atoms with Crippen LogP contribution in [0.15, 0.2) is 18.2 Å². The number of amides is 1. The van der Waals surface area contributed by atoms with Crippen LogP contribution in [0.3, 0.4) is 0 Å². The topological polar surface area (TPSA) is 47.6 Å². The summed E-state index contributed by atoms with van der Waals surface area (Å²) in [7, 11) is 3.14. The molecular formula is C16H25NO3. The summed E-state index contributed by atoms with van der Waals surface area (Å²) in [6.45, 7) is 8.43. The van der Waals surface area contributed by atoms with Crippen LogP contribution in [0.25, 0.3) is 0 Å². The molecule has 0 atom stereocenters. The van der Waals surface area contributed by atoms with Crippen LogP contribution in [0.4, 0.5) is 0 Å². The van der Waals surface area contributed by atoms with Crippen molar-refractivity contribution in [3.8, 4) is 11.5 Å². The van der Waals surface area contributed by atoms with Gasteiger partial charge < -0.3 is 14.8 Å². The zero-order valence-corrected chi connectivity index (χ0v) is 13.2. The third-order valence-electron chi connectivity index (χ3n) is 3.35. The van der Waals surface area contributed by atoms with Crippen LogP contribution in [0.5, 0.6) is 11.5 Å². The molecule has 0 heterocycles. The molecule has 0 bridgehead atoms. The van der Waals surface area contributed by atoms with E-state index < -0.39 is 0 Å². The molecule has 20 heavy (non-hydrogen) atoms. The molecule has 0 aliphatic rings. The highest BCUT2D eigenvalue weighted by molar-refractivity contribution is 5.95. The van der Waals surface area contributed by atoms with E-state index in [9.17, 15) is 4.79 Å². The van der Waals surface area contributed by atoms with E-state index in [4.69, 9.17) is 9.47 Å². The molecule has 0 aromatic heterocycles. The minimum Gasteiger partial charge on any atom is -0.497 e. The summed E-state index contributed by atoms with van der Waals surface area (Å²) in [5.74, 6) is 1.88. The van der Waals surface area contributed by atoms with E-state index in [-0.39, 0.29) is 11.9 Å². The molecule has 4 nitrogen and oxygen atoms in total. The highest BCUT2D eigenvalue weighted by Crippen LogP contribution is 2.23. The van der Waals surface area contributed by atoms with Gasteiger partial charge in [0.25, 0.3) is 5.91 Å². The van der Waals surface area contributed by atoms with Gasteiger partial charge in [-0.1, -0.05) is 27.7 Å². The Balaban J connectivity index is 2.96. The molecule has 0 fully saturated rings. The van der Waals surface area contributed by atoms with E-state index in [2.05, 4.69) is 33.0 Å². The van der Waals surface area contributed by atoms with Gasteiger partial charge in [-0.2, -0.15) is 0 Å². The zero-order chi connectivity index (χ0) is 15.3. The lowest BCUT2D eigenvalue weighted by Crippen LogP contribution is -2.42. The quantitative estimate of drug-likeness (QED) is 0.870. The van der Waals surface area contributed by atoms with Crippen molar-refractivity contribution in [3.05, 3.63) is 23.8 Å². The lowest BCUT2D eigenvalue weighted by atomic mass is 9.93. The van der Waals surface area contributed by atoms with Crippen molar-refractivity contribution < 1.29 is 14.3 Å². The SMILES string of the molecule is COc1cc(OC)cc(C(=O)NC(C(C)C)C(C)C)c1. The Labute approximate surface area is 121 Å². The maximum atomic E-state index is 12.4. The van der Waals surface area contributed by atoms with Crippen molar-refractivity contribution in [2.45, 2.75) is 33.7 Å². The van der Waals surface area contributed by atoms with E-state index in [0.29, 0.717) is 28.9 Å². The molecule has 1 rings (SSSR count). The van der Waals surface area contributed by atoms with Crippen molar-refractivity contribution >= 4 is 5.91 Å². The highest BCUT2D eigenvalue weighted by Gasteiger charge is 2.21. The highest BCUT2D eigenvalue weighted by atomic mass is 16.5. The van der Waals surface area contributed by atoms with Crippen LogP contribution in [-0.4, -0.2) is 26.2 Å². The molecule has 1 aromatic rings. The fraction of sp³-hybridized carbons (Fsp3) is 0.562. The molecule has 0 aliphatic heterocycles. The summed E-state index contributed by atoms with van der Waals surface area (Å²) in [6.07, 6.45) is 0. The van der Waals surface area contributed by atoms with Gasteiger partial charge in [0.2, 0.25) is 0 Å². The Morgan fingerprint density at radius 2 is 1.40 bits per heavy atom. The summed E-state index contributed by atoms with van der Waals surface area (Å²) in [5.41, 5.74) is 0.549. The van der Waals surface area contributed by atoms with Gasteiger partial charge in [0.1, 0.15) is 11.5 Å². The second kappa shape index (κ2) is 7.17. The van der Waals surface area contributed by atoms with Crippen LogP contribution in [0, 0.1) is 11.8 Å². The third-order valence-corrected chi connectivity index (χ3v) is 3.35. The summed E-state index contributed by atoms with van der Waals surface area (Å²) in [5, 5.41) is 3.08. The number of rotatable bonds is 6. The largest absolute Gasteiger partial charge is 0.497 e. The molecule has 112 valence electrons. The Hall–Kier alpha value is -1.71. The molecular weight excluding hydrogens is 254 g/mol. The lowest BCUT2D eigenvalue weighted by Gasteiger charge is -2.26. The first-order valence-corrected chi connectivity index (χ1v) is 6.93. The predicted molar refractivity (Wildman–Crippen MR) is 80.5 cm³/mol. The average Bonchev–Trinajstić information content (AvgIpc) is 2.42. The van der Waals surface area contributed by atoms with Gasteiger partial charge in [-0.05, 0) is 24.0 Å². The first-order valence-electron chi connectivity index (χ1n) is 6.93. The average molecular weight is 279 g/mol. The molecule has 0 unspecified atom stereocenters. The van der Waals surface area contributed by atoms with Crippen LogP contribution in [0.2, 0.25) is 0 Å². The van der Waals surface area contributed by atoms with Gasteiger partial charge >= 0.3 is 0 Å². The lowest BCUT2D eigenvalue weighted by molar-refractivity contribution is 0.0909. The smallest absolute Gasteiger partial charge is 0.251 e. The second-order valence-electron chi connectivity index (χ2n) is 5.59. The third kappa shape index (κ3) is 4.15. The predicted octanol–water partition coefficient (Wildman–Crippen LogP) is 3.11. The number of carbonyl (C=O) groups excluding carboxylic acids is 1. The number of ether oxygens (including phenoxy) is 2. The molecule has 4 heteroatoms. The Morgan fingerprint density at radius 3 is 1.75 bits per heavy atom. The molecule has 0 spiro atoms. The zero-order valence-electron chi connectivity index (χ0n) is 13.2. The molecule has 0 saturated carbocycles. The molecule has 0 saturated heterocycles. The van der Waals surface area contributed by atoms with Crippen molar-refractivity contribution in [1.82, 2.24) is 5.32 Å².